The second-order valence-electron chi connectivity index (χ2n) is 4.91. The van der Waals surface area contributed by atoms with Crippen LogP contribution in [0.2, 0.25) is 0 Å². The molecule has 0 atom stereocenters. The van der Waals surface area contributed by atoms with Crippen LogP contribution in [0.1, 0.15) is 33.7 Å². The van der Waals surface area contributed by atoms with Gasteiger partial charge in [-0.1, -0.05) is 0 Å². The van der Waals surface area contributed by atoms with Crippen LogP contribution in [0.25, 0.3) is 0 Å². The zero-order valence-electron chi connectivity index (χ0n) is 12.2. The number of nitrogens with one attached hydrogen (secondary N) is 3. The number of hydrogen-bond donors (Lipinski definition) is 4. The smallest absolute Gasteiger partial charge is 0.251 e. The molecule has 0 aliphatic carbocycles. The Morgan fingerprint density at radius 3 is 2.86 bits per heavy atom. The molecule has 0 aromatic carbocycles. The van der Waals surface area contributed by atoms with E-state index >= 15 is 0 Å². The average Bonchev–Trinajstić information content (AvgIpc) is 2.88. The van der Waals surface area contributed by atoms with E-state index in [4.69, 9.17) is 5.84 Å². The molecule has 0 saturated carbocycles. The summed E-state index contributed by atoms with van der Waals surface area (Å²) in [6.07, 6.45) is 3.56. The SMILES string of the molecule is Cc1cc(C(=O)NCCCc2cn[nH]c2C)cc(NN)n1. The van der Waals surface area contributed by atoms with E-state index in [9.17, 15) is 4.79 Å². The summed E-state index contributed by atoms with van der Waals surface area (Å²) in [5.74, 6) is 5.68. The molecular weight excluding hydrogens is 268 g/mol. The highest BCUT2D eigenvalue weighted by atomic mass is 16.1. The first-order valence-corrected chi connectivity index (χ1v) is 6.82. The lowest BCUT2D eigenvalue weighted by molar-refractivity contribution is 0.0953. The third-order valence-corrected chi connectivity index (χ3v) is 3.21. The number of carbonyl (C=O) groups excluding carboxylic acids is 1. The fourth-order valence-corrected chi connectivity index (χ4v) is 2.08. The third-order valence-electron chi connectivity index (χ3n) is 3.21. The summed E-state index contributed by atoms with van der Waals surface area (Å²) >= 11 is 0. The fraction of sp³-hybridized carbons (Fsp3) is 0.357. The Morgan fingerprint density at radius 2 is 2.19 bits per heavy atom. The normalized spacial score (nSPS) is 10.4. The molecular formula is C14H20N6O. The Kier molecular flexibility index (Phi) is 4.89. The van der Waals surface area contributed by atoms with Crippen molar-refractivity contribution in [3.8, 4) is 0 Å². The van der Waals surface area contributed by atoms with Crippen molar-refractivity contribution in [2.75, 3.05) is 12.0 Å². The molecule has 0 saturated heterocycles. The zero-order chi connectivity index (χ0) is 15.2. The molecule has 21 heavy (non-hydrogen) atoms. The molecule has 7 nitrogen and oxygen atoms in total. The molecule has 1 amide bonds. The maximum Gasteiger partial charge on any atom is 0.251 e. The summed E-state index contributed by atoms with van der Waals surface area (Å²) in [7, 11) is 0. The molecule has 2 aromatic heterocycles. The van der Waals surface area contributed by atoms with Gasteiger partial charge in [-0.15, -0.1) is 0 Å². The van der Waals surface area contributed by atoms with Crippen molar-refractivity contribution in [1.29, 1.82) is 0 Å². The van der Waals surface area contributed by atoms with Gasteiger partial charge in [-0.25, -0.2) is 10.8 Å². The van der Waals surface area contributed by atoms with Crippen LogP contribution in [0.15, 0.2) is 18.3 Å². The number of nitrogens with zero attached hydrogens (tertiary/aromatic N) is 2. The predicted molar refractivity (Wildman–Crippen MR) is 80.8 cm³/mol. The van der Waals surface area contributed by atoms with Crippen molar-refractivity contribution in [2.24, 2.45) is 5.84 Å². The minimum Gasteiger partial charge on any atom is -0.352 e. The number of amides is 1. The van der Waals surface area contributed by atoms with Crippen molar-refractivity contribution < 1.29 is 4.79 Å². The third kappa shape index (κ3) is 4.03. The van der Waals surface area contributed by atoms with E-state index in [0.717, 1.165) is 24.2 Å². The maximum atomic E-state index is 12.1. The summed E-state index contributed by atoms with van der Waals surface area (Å²) in [5.41, 5.74) is 6.00. The Balaban J connectivity index is 1.84. The Labute approximate surface area is 123 Å². The van der Waals surface area contributed by atoms with Gasteiger partial charge in [-0.05, 0) is 44.4 Å². The highest BCUT2D eigenvalue weighted by Gasteiger charge is 2.08. The van der Waals surface area contributed by atoms with E-state index in [2.05, 4.69) is 25.9 Å². The van der Waals surface area contributed by atoms with E-state index in [-0.39, 0.29) is 5.91 Å². The highest BCUT2D eigenvalue weighted by molar-refractivity contribution is 5.94. The molecule has 0 spiro atoms. The van der Waals surface area contributed by atoms with Gasteiger partial charge in [-0.3, -0.25) is 9.89 Å². The van der Waals surface area contributed by atoms with E-state index < -0.39 is 0 Å². The van der Waals surface area contributed by atoms with Crippen LogP contribution in [-0.4, -0.2) is 27.6 Å². The number of nitrogen functional groups attached to an aromatic ring is 1. The van der Waals surface area contributed by atoms with E-state index in [1.54, 1.807) is 12.1 Å². The van der Waals surface area contributed by atoms with Crippen LogP contribution in [0.4, 0.5) is 5.82 Å². The lowest BCUT2D eigenvalue weighted by atomic mass is 10.1. The standard InChI is InChI=1S/C14H20N6O/c1-9-6-12(7-13(18-9)19-15)14(21)16-5-3-4-11-8-17-20-10(11)2/h6-8H,3-5,15H2,1-2H3,(H,16,21)(H,17,20)(H,18,19). The molecule has 112 valence electrons. The number of aromatic nitrogens is 3. The number of hydrazine groups is 1. The maximum absolute atomic E-state index is 12.1. The van der Waals surface area contributed by atoms with Crippen molar-refractivity contribution in [2.45, 2.75) is 26.7 Å². The van der Waals surface area contributed by atoms with Gasteiger partial charge in [-0.2, -0.15) is 5.10 Å². The quantitative estimate of drug-likeness (QED) is 0.361. The summed E-state index contributed by atoms with van der Waals surface area (Å²) < 4.78 is 0. The molecule has 2 rings (SSSR count). The molecule has 2 aromatic rings. The monoisotopic (exact) mass is 288 g/mol. The number of pyridine rings is 1. The number of rotatable bonds is 6. The van der Waals surface area contributed by atoms with Crippen LogP contribution in [0, 0.1) is 13.8 Å². The number of nitrogens with two attached hydrogens (primary N) is 1. The first-order chi connectivity index (χ1) is 10.1. The number of aromatic amines is 1. The second kappa shape index (κ2) is 6.85. The van der Waals surface area contributed by atoms with Gasteiger partial charge < -0.3 is 10.7 Å². The predicted octanol–water partition coefficient (Wildman–Crippen LogP) is 1.07. The molecule has 0 aliphatic heterocycles. The average molecular weight is 288 g/mol. The minimum atomic E-state index is -0.124. The van der Waals surface area contributed by atoms with Gasteiger partial charge in [0, 0.05) is 23.5 Å². The molecule has 2 heterocycles. The second-order valence-corrected chi connectivity index (χ2v) is 4.91. The molecule has 0 unspecified atom stereocenters. The Bertz CT molecular complexity index is 622. The topological polar surface area (TPSA) is 109 Å². The molecule has 0 bridgehead atoms. The van der Waals surface area contributed by atoms with Crippen molar-refractivity contribution in [3.05, 3.63) is 40.8 Å². The van der Waals surface area contributed by atoms with Crippen LogP contribution in [-0.2, 0) is 6.42 Å². The van der Waals surface area contributed by atoms with Crippen LogP contribution < -0.4 is 16.6 Å². The van der Waals surface area contributed by atoms with Crippen LogP contribution >= 0.6 is 0 Å². The Hall–Kier alpha value is -2.41. The number of H-pyrrole nitrogens is 1. The van der Waals surface area contributed by atoms with Gasteiger partial charge in [0.05, 0.1) is 6.20 Å². The van der Waals surface area contributed by atoms with Crippen molar-refractivity contribution in [3.63, 3.8) is 0 Å². The number of carbonyl (C=O) groups is 1. The summed E-state index contributed by atoms with van der Waals surface area (Å²) in [4.78, 5) is 16.2. The first-order valence-electron chi connectivity index (χ1n) is 6.82. The number of aryl methyl sites for hydroxylation is 3. The largest absolute Gasteiger partial charge is 0.352 e. The van der Waals surface area contributed by atoms with Crippen LogP contribution in [0.5, 0.6) is 0 Å². The minimum absolute atomic E-state index is 0.124. The van der Waals surface area contributed by atoms with Crippen molar-refractivity contribution >= 4 is 11.7 Å². The van der Waals surface area contributed by atoms with Gasteiger partial charge >= 0.3 is 0 Å². The van der Waals surface area contributed by atoms with Gasteiger partial charge in [0.15, 0.2) is 0 Å². The van der Waals surface area contributed by atoms with E-state index in [1.807, 2.05) is 20.0 Å². The lowest BCUT2D eigenvalue weighted by Crippen LogP contribution is -2.25. The van der Waals surface area contributed by atoms with E-state index in [1.165, 1.54) is 5.56 Å². The van der Waals surface area contributed by atoms with Gasteiger partial charge in [0.1, 0.15) is 5.82 Å². The van der Waals surface area contributed by atoms with Crippen LogP contribution in [0.3, 0.4) is 0 Å². The first kappa shape index (κ1) is 15.0. The Morgan fingerprint density at radius 1 is 1.38 bits per heavy atom. The molecule has 5 N–H and O–H groups in total. The number of anilines is 1. The molecule has 7 heteroatoms. The van der Waals surface area contributed by atoms with Gasteiger partial charge in [0.25, 0.3) is 5.91 Å². The summed E-state index contributed by atoms with van der Waals surface area (Å²) in [6.45, 7) is 4.41. The molecule has 0 aliphatic rings. The van der Waals surface area contributed by atoms with Crippen molar-refractivity contribution in [1.82, 2.24) is 20.5 Å². The zero-order valence-corrected chi connectivity index (χ0v) is 12.2. The van der Waals surface area contributed by atoms with E-state index in [0.29, 0.717) is 17.9 Å². The molecule has 0 radical (unpaired) electrons. The summed E-state index contributed by atoms with van der Waals surface area (Å²) in [6, 6.07) is 3.36. The highest BCUT2D eigenvalue weighted by Crippen LogP contribution is 2.09. The fourth-order valence-electron chi connectivity index (χ4n) is 2.08. The molecule has 0 fully saturated rings. The number of hydrogen-bond acceptors (Lipinski definition) is 5. The lowest BCUT2D eigenvalue weighted by Gasteiger charge is -2.07. The van der Waals surface area contributed by atoms with Gasteiger partial charge in [0.2, 0.25) is 0 Å². The summed E-state index contributed by atoms with van der Waals surface area (Å²) in [5, 5.41) is 9.77.